The molecule has 2 heterocycles. The molecule has 0 radical (unpaired) electrons. The predicted molar refractivity (Wildman–Crippen MR) is 87.7 cm³/mol. The predicted octanol–water partition coefficient (Wildman–Crippen LogP) is 3.67. The van der Waals surface area contributed by atoms with E-state index in [1.54, 1.807) is 29.2 Å². The number of hydrogen-bond acceptors (Lipinski definition) is 4. The maximum atomic E-state index is 12.4. The molecular weight excluding hydrogens is 357 g/mol. The first-order valence-electron chi connectivity index (χ1n) is 7.31. The third-order valence-electron chi connectivity index (χ3n) is 3.64. The number of alkyl halides is 3. The van der Waals surface area contributed by atoms with Crippen LogP contribution in [0.1, 0.15) is 15.9 Å². The van der Waals surface area contributed by atoms with Crippen LogP contribution in [0.2, 0.25) is 0 Å². The number of fused-ring (bicyclic) bond motifs is 1. The van der Waals surface area contributed by atoms with Crippen LogP contribution >= 0.6 is 11.8 Å². The summed E-state index contributed by atoms with van der Waals surface area (Å²) in [7, 11) is 0. The number of furan rings is 1. The molecule has 1 aliphatic heterocycles. The highest BCUT2D eigenvalue weighted by Crippen LogP contribution is 2.32. The van der Waals surface area contributed by atoms with Gasteiger partial charge in [-0.05, 0) is 48.0 Å². The van der Waals surface area contributed by atoms with Gasteiger partial charge < -0.3 is 14.6 Å². The van der Waals surface area contributed by atoms with Crippen molar-refractivity contribution in [3.63, 3.8) is 0 Å². The van der Waals surface area contributed by atoms with Crippen LogP contribution in [0.4, 0.5) is 24.5 Å². The number of hydrogen-bond donors (Lipinski definition) is 1. The van der Waals surface area contributed by atoms with E-state index in [9.17, 15) is 22.8 Å². The largest absolute Gasteiger partial charge is 0.472 e. The molecule has 1 aromatic carbocycles. The Morgan fingerprint density at radius 1 is 1.28 bits per heavy atom. The summed E-state index contributed by atoms with van der Waals surface area (Å²) in [6.45, 7) is 0.487. The minimum absolute atomic E-state index is 0.189. The second-order valence-electron chi connectivity index (χ2n) is 5.34. The second kappa shape index (κ2) is 6.83. The average molecular weight is 370 g/mol. The van der Waals surface area contributed by atoms with E-state index in [4.69, 9.17) is 4.42 Å². The zero-order chi connectivity index (χ0) is 18.0. The number of benzene rings is 1. The number of carbonyl (C=O) groups excluding carboxylic acids is 2. The highest BCUT2D eigenvalue weighted by atomic mass is 32.2. The van der Waals surface area contributed by atoms with Crippen molar-refractivity contribution in [2.75, 3.05) is 22.5 Å². The standard InChI is InChI=1S/C16H13F3N2O3S/c17-16(18,19)25-9-14(22)20-12-1-2-13-10(7-12)3-5-21(13)15(23)11-4-6-24-8-11/h1-2,4,6-8H,3,5,9H2,(H,20,22). The monoisotopic (exact) mass is 370 g/mol. The van der Waals surface area contributed by atoms with Crippen molar-refractivity contribution in [3.05, 3.63) is 47.9 Å². The molecule has 2 amide bonds. The van der Waals surface area contributed by atoms with Crippen LogP contribution in [0, 0.1) is 0 Å². The molecule has 1 aliphatic rings. The number of halogens is 3. The van der Waals surface area contributed by atoms with Crippen LogP contribution in [-0.2, 0) is 11.2 Å². The fourth-order valence-electron chi connectivity index (χ4n) is 2.58. The van der Waals surface area contributed by atoms with E-state index in [1.165, 1.54) is 12.5 Å². The molecule has 9 heteroatoms. The molecule has 0 bridgehead atoms. The van der Waals surface area contributed by atoms with Crippen LogP contribution in [0.15, 0.2) is 41.2 Å². The molecule has 0 spiro atoms. The lowest BCUT2D eigenvalue weighted by Crippen LogP contribution is -2.28. The first kappa shape index (κ1) is 17.4. The van der Waals surface area contributed by atoms with Crippen molar-refractivity contribution in [2.45, 2.75) is 11.9 Å². The summed E-state index contributed by atoms with van der Waals surface area (Å²) in [5.74, 6) is -1.62. The van der Waals surface area contributed by atoms with E-state index in [0.717, 1.165) is 5.56 Å². The number of amides is 2. The van der Waals surface area contributed by atoms with Gasteiger partial charge in [0.2, 0.25) is 5.91 Å². The zero-order valence-electron chi connectivity index (χ0n) is 12.8. The maximum Gasteiger partial charge on any atom is 0.442 e. The molecule has 0 unspecified atom stereocenters. The van der Waals surface area contributed by atoms with Gasteiger partial charge >= 0.3 is 5.51 Å². The zero-order valence-corrected chi connectivity index (χ0v) is 13.6. The first-order chi connectivity index (χ1) is 11.8. The van der Waals surface area contributed by atoms with Crippen LogP contribution < -0.4 is 10.2 Å². The number of anilines is 2. The third-order valence-corrected chi connectivity index (χ3v) is 4.37. The number of carbonyl (C=O) groups is 2. The molecule has 1 aromatic heterocycles. The molecular formula is C16H13F3N2O3S. The Labute approximate surface area is 145 Å². The first-order valence-corrected chi connectivity index (χ1v) is 8.29. The Morgan fingerprint density at radius 3 is 2.76 bits per heavy atom. The van der Waals surface area contributed by atoms with Crippen molar-refractivity contribution in [1.82, 2.24) is 0 Å². The highest BCUT2D eigenvalue weighted by Gasteiger charge is 2.29. The van der Waals surface area contributed by atoms with Crippen molar-refractivity contribution < 1.29 is 27.2 Å². The van der Waals surface area contributed by atoms with E-state index in [2.05, 4.69) is 5.32 Å². The Hall–Kier alpha value is -2.42. The summed E-state index contributed by atoms with van der Waals surface area (Å²) in [6.07, 6.45) is 3.38. The summed E-state index contributed by atoms with van der Waals surface area (Å²) in [6, 6.07) is 6.49. The molecule has 2 aromatic rings. The van der Waals surface area contributed by atoms with Gasteiger partial charge in [0, 0.05) is 17.9 Å². The van der Waals surface area contributed by atoms with Gasteiger partial charge in [0.05, 0.1) is 17.6 Å². The Bertz CT molecular complexity index is 790. The van der Waals surface area contributed by atoms with Gasteiger partial charge in [-0.3, -0.25) is 9.59 Å². The quantitative estimate of drug-likeness (QED) is 0.892. The second-order valence-corrected chi connectivity index (χ2v) is 6.39. The van der Waals surface area contributed by atoms with Gasteiger partial charge in [0.15, 0.2) is 0 Å². The lowest BCUT2D eigenvalue weighted by Gasteiger charge is -2.16. The van der Waals surface area contributed by atoms with E-state index < -0.39 is 17.2 Å². The minimum Gasteiger partial charge on any atom is -0.472 e. The van der Waals surface area contributed by atoms with E-state index in [1.807, 2.05) is 0 Å². The summed E-state index contributed by atoms with van der Waals surface area (Å²) in [4.78, 5) is 25.6. The van der Waals surface area contributed by atoms with Crippen molar-refractivity contribution in [3.8, 4) is 0 Å². The number of nitrogens with one attached hydrogen (secondary N) is 1. The van der Waals surface area contributed by atoms with Gasteiger partial charge in [-0.25, -0.2) is 0 Å². The van der Waals surface area contributed by atoms with Crippen LogP contribution in [0.25, 0.3) is 0 Å². The Morgan fingerprint density at radius 2 is 2.08 bits per heavy atom. The van der Waals surface area contributed by atoms with Gasteiger partial charge in [-0.1, -0.05) is 0 Å². The van der Waals surface area contributed by atoms with E-state index in [0.29, 0.717) is 29.9 Å². The van der Waals surface area contributed by atoms with Crippen molar-refractivity contribution in [2.24, 2.45) is 0 Å². The van der Waals surface area contributed by atoms with Gasteiger partial charge in [0.25, 0.3) is 5.91 Å². The number of rotatable bonds is 4. The third kappa shape index (κ3) is 4.16. The smallest absolute Gasteiger partial charge is 0.442 e. The molecule has 0 saturated heterocycles. The van der Waals surface area contributed by atoms with E-state index >= 15 is 0 Å². The molecule has 0 saturated carbocycles. The fourth-order valence-corrected chi connectivity index (χ4v) is 2.94. The molecule has 25 heavy (non-hydrogen) atoms. The van der Waals surface area contributed by atoms with Crippen molar-refractivity contribution in [1.29, 1.82) is 0 Å². The molecule has 0 atom stereocenters. The lowest BCUT2D eigenvalue weighted by molar-refractivity contribution is -0.114. The Kier molecular flexibility index (Phi) is 4.76. The normalized spacial score (nSPS) is 13.6. The summed E-state index contributed by atoms with van der Waals surface area (Å²) in [5.41, 5.74) is -2.03. The fraction of sp³-hybridized carbons (Fsp3) is 0.250. The van der Waals surface area contributed by atoms with Crippen LogP contribution in [-0.4, -0.2) is 29.6 Å². The molecule has 0 fully saturated rings. The average Bonchev–Trinajstić information content (AvgIpc) is 3.21. The van der Waals surface area contributed by atoms with Gasteiger partial charge in [-0.2, -0.15) is 13.2 Å². The minimum atomic E-state index is -4.44. The topological polar surface area (TPSA) is 62.6 Å². The SMILES string of the molecule is O=C(CSC(F)(F)F)Nc1ccc2c(c1)CCN2C(=O)c1ccoc1. The van der Waals surface area contributed by atoms with Crippen molar-refractivity contribution >= 4 is 35.0 Å². The highest BCUT2D eigenvalue weighted by molar-refractivity contribution is 8.00. The van der Waals surface area contributed by atoms with E-state index in [-0.39, 0.29) is 17.7 Å². The van der Waals surface area contributed by atoms with Crippen LogP contribution in [0.5, 0.6) is 0 Å². The number of thioether (sulfide) groups is 1. The van der Waals surface area contributed by atoms with Gasteiger partial charge in [0.1, 0.15) is 6.26 Å². The summed E-state index contributed by atoms with van der Waals surface area (Å²) >= 11 is -0.385. The molecule has 132 valence electrons. The molecule has 3 rings (SSSR count). The molecule has 0 aliphatic carbocycles. The summed E-state index contributed by atoms with van der Waals surface area (Å²) < 4.78 is 41.2. The maximum absolute atomic E-state index is 12.4. The Balaban J connectivity index is 1.67. The molecule has 1 N–H and O–H groups in total. The lowest BCUT2D eigenvalue weighted by atomic mass is 10.1. The van der Waals surface area contributed by atoms with Crippen LogP contribution in [0.3, 0.4) is 0 Å². The number of nitrogens with zero attached hydrogens (tertiary/aromatic N) is 1. The van der Waals surface area contributed by atoms with Gasteiger partial charge in [-0.15, -0.1) is 0 Å². The summed E-state index contributed by atoms with van der Waals surface area (Å²) in [5, 5.41) is 2.44. The molecule has 5 nitrogen and oxygen atoms in total.